The molecule has 0 aromatic carbocycles. The molecule has 2 heterocycles. The van der Waals surface area contributed by atoms with Crippen molar-refractivity contribution in [3.05, 3.63) is 86.2 Å². The van der Waals surface area contributed by atoms with Crippen molar-refractivity contribution in [3.8, 4) is 0 Å². The molecule has 0 fully saturated rings. The molecule has 2 aromatic rings. The SMILES string of the molecule is CC1=C(C)/C(=N\N=c2/[n-]c(C)c([N+](=O)[O-])s2)C(O)=C(C)C1=O.CC1=C(C)/C(=N\N=c2/[n-]c(C)c([N+](=O)[O-])s2)C(O)=C(C)C1=O.[Co+2]. The third kappa shape index (κ3) is 7.56. The minimum atomic E-state index is -0.532. The molecule has 0 saturated heterocycles. The van der Waals surface area contributed by atoms with Crippen LogP contribution in [0.15, 0.2) is 65.4 Å². The number of rotatable bonds is 4. The van der Waals surface area contributed by atoms with E-state index >= 15 is 0 Å². The average molecular weight is 702 g/mol. The molecular weight excluding hydrogens is 675 g/mol. The molecule has 0 atom stereocenters. The minimum Gasteiger partial charge on any atom is -0.505 e. The van der Waals surface area contributed by atoms with Crippen molar-refractivity contribution in [2.75, 3.05) is 0 Å². The molecule has 0 spiro atoms. The van der Waals surface area contributed by atoms with Crippen LogP contribution in [0.3, 0.4) is 0 Å². The summed E-state index contributed by atoms with van der Waals surface area (Å²) in [4.78, 5) is 52.3. The van der Waals surface area contributed by atoms with Gasteiger partial charge >= 0.3 is 26.8 Å². The number of ketones is 2. The fourth-order valence-electron chi connectivity index (χ4n) is 3.79. The predicted molar refractivity (Wildman–Crippen MR) is 161 cm³/mol. The van der Waals surface area contributed by atoms with Crippen LogP contribution in [0.2, 0.25) is 0 Å². The van der Waals surface area contributed by atoms with Gasteiger partial charge in [0, 0.05) is 43.3 Å². The van der Waals surface area contributed by atoms with Gasteiger partial charge < -0.3 is 30.4 Å². The van der Waals surface area contributed by atoms with Gasteiger partial charge in [-0.15, -0.1) is 0 Å². The Labute approximate surface area is 273 Å². The van der Waals surface area contributed by atoms with Crippen LogP contribution in [0.4, 0.5) is 10.0 Å². The number of thiazole rings is 2. The Morgan fingerprint density at radius 2 is 0.889 bits per heavy atom. The molecule has 239 valence electrons. The molecule has 16 nitrogen and oxygen atoms in total. The Bertz CT molecular complexity index is 1760. The molecule has 45 heavy (non-hydrogen) atoms. The van der Waals surface area contributed by atoms with Gasteiger partial charge in [-0.05, 0) is 66.5 Å². The number of aryl methyl sites for hydroxylation is 2. The van der Waals surface area contributed by atoms with E-state index < -0.39 is 9.85 Å². The number of Topliss-reactive ketones (excluding diaryl/α,β-unsaturated/α-hetero) is 2. The number of nitrogens with zero attached hydrogens (tertiary/aromatic N) is 8. The van der Waals surface area contributed by atoms with E-state index in [0.717, 1.165) is 22.7 Å². The van der Waals surface area contributed by atoms with Gasteiger partial charge in [0.1, 0.15) is 22.9 Å². The zero-order chi connectivity index (χ0) is 33.2. The van der Waals surface area contributed by atoms with Gasteiger partial charge in [0.2, 0.25) is 0 Å². The number of hydrogen-bond acceptors (Lipinski definition) is 14. The van der Waals surface area contributed by atoms with Crippen LogP contribution in [0.25, 0.3) is 0 Å². The summed E-state index contributed by atoms with van der Waals surface area (Å²) in [6.45, 7) is 12.6. The van der Waals surface area contributed by atoms with Crippen LogP contribution in [-0.4, -0.2) is 43.0 Å². The summed E-state index contributed by atoms with van der Waals surface area (Å²) in [5.41, 5.74) is 3.22. The smallest absolute Gasteiger partial charge is 0.505 e. The van der Waals surface area contributed by atoms with Crippen LogP contribution in [0.1, 0.15) is 52.9 Å². The fraction of sp³-hybridized carbons (Fsp3) is 0.308. The van der Waals surface area contributed by atoms with E-state index in [1.165, 1.54) is 27.7 Å². The van der Waals surface area contributed by atoms with Crippen LogP contribution < -0.4 is 19.6 Å². The van der Waals surface area contributed by atoms with Crippen molar-refractivity contribution in [1.82, 2.24) is 9.97 Å². The van der Waals surface area contributed by atoms with E-state index in [0.29, 0.717) is 22.3 Å². The van der Waals surface area contributed by atoms with E-state index in [9.17, 15) is 40.0 Å². The van der Waals surface area contributed by atoms with Gasteiger partial charge in [0.05, 0.1) is 9.85 Å². The molecule has 2 aromatic heterocycles. The van der Waals surface area contributed by atoms with Crippen LogP contribution in [0.5, 0.6) is 0 Å². The maximum absolute atomic E-state index is 11.8. The van der Waals surface area contributed by atoms with Crippen molar-refractivity contribution in [1.29, 1.82) is 0 Å². The molecule has 19 heteroatoms. The number of aliphatic hydroxyl groups excluding tert-OH is 2. The van der Waals surface area contributed by atoms with Crippen molar-refractivity contribution in [2.24, 2.45) is 20.4 Å². The van der Waals surface area contributed by atoms with Gasteiger partial charge in [-0.1, -0.05) is 22.7 Å². The second-order valence-electron chi connectivity index (χ2n) is 9.49. The van der Waals surface area contributed by atoms with Crippen LogP contribution in [0, 0.1) is 34.1 Å². The maximum atomic E-state index is 11.8. The molecule has 2 aliphatic rings. The van der Waals surface area contributed by atoms with Gasteiger partial charge in [-0.3, -0.25) is 40.0 Å². The predicted octanol–water partition coefficient (Wildman–Crippen LogP) is 3.86. The first kappa shape index (κ1) is 36.6. The van der Waals surface area contributed by atoms with Crippen LogP contribution >= 0.6 is 22.7 Å². The largest absolute Gasteiger partial charge is 2.00 e. The summed E-state index contributed by atoms with van der Waals surface area (Å²) in [6, 6.07) is 0. The first-order valence-corrected chi connectivity index (χ1v) is 14.2. The van der Waals surface area contributed by atoms with Gasteiger partial charge in [-0.25, -0.2) is 0 Å². The molecule has 2 N–H and O–H groups in total. The summed E-state index contributed by atoms with van der Waals surface area (Å²) < 4.78 is 0. The number of carbonyl (C=O) groups is 2. The molecule has 4 rings (SSSR count). The number of carbonyl (C=O) groups excluding carboxylic acids is 2. The maximum Gasteiger partial charge on any atom is 2.00 e. The first-order valence-electron chi connectivity index (χ1n) is 12.5. The molecule has 0 amide bonds. The fourth-order valence-corrected chi connectivity index (χ4v) is 5.20. The summed E-state index contributed by atoms with van der Waals surface area (Å²) in [7, 11) is 0. The van der Waals surface area contributed by atoms with Crippen molar-refractivity contribution in [3.63, 3.8) is 0 Å². The number of nitro groups is 2. The Morgan fingerprint density at radius 3 is 1.16 bits per heavy atom. The van der Waals surface area contributed by atoms with Gasteiger partial charge in [0.25, 0.3) is 0 Å². The molecule has 1 radical (unpaired) electrons. The third-order valence-corrected chi connectivity index (χ3v) is 8.67. The Hall–Kier alpha value is -4.59. The molecule has 0 saturated carbocycles. The van der Waals surface area contributed by atoms with Crippen molar-refractivity contribution in [2.45, 2.75) is 55.4 Å². The van der Waals surface area contributed by atoms with E-state index in [1.54, 1.807) is 27.7 Å². The van der Waals surface area contributed by atoms with Crippen LogP contribution in [-0.2, 0) is 26.4 Å². The number of hydrogen-bond donors (Lipinski definition) is 2. The normalized spacial score (nSPS) is 18.2. The Morgan fingerprint density at radius 1 is 0.578 bits per heavy atom. The Kier molecular flexibility index (Phi) is 11.8. The zero-order valence-electron chi connectivity index (χ0n) is 25.1. The van der Waals surface area contributed by atoms with Crippen molar-refractivity contribution >= 4 is 55.7 Å². The topological polar surface area (TPSA) is 239 Å². The first-order chi connectivity index (χ1) is 20.5. The number of allylic oxidation sites excluding steroid dienone is 6. The van der Waals surface area contributed by atoms with Gasteiger partial charge in [0.15, 0.2) is 11.6 Å². The van der Waals surface area contributed by atoms with E-state index in [1.807, 2.05) is 0 Å². The second-order valence-corrected chi connectivity index (χ2v) is 11.4. The van der Waals surface area contributed by atoms with E-state index in [2.05, 4.69) is 30.4 Å². The molecule has 0 aliphatic heterocycles. The minimum absolute atomic E-state index is 0. The standard InChI is InChI=1S/2C13H14N4O4S.Co/c2*1-5-6(2)10(18)7(3)11(19)9(5)15-16-13-14-8(4)12(22-13)17(20)21;/h2*1-4H3,(H2,14,16,18,19);/q;;+2/p-2. The molecular formula is C26H26CoN8O8S2. The molecule has 0 bridgehead atoms. The van der Waals surface area contributed by atoms with E-state index in [-0.39, 0.29) is 93.4 Å². The summed E-state index contributed by atoms with van der Waals surface area (Å²) in [5.74, 6) is -0.955. The summed E-state index contributed by atoms with van der Waals surface area (Å²) >= 11 is 1.59. The second kappa shape index (κ2) is 14.5. The summed E-state index contributed by atoms with van der Waals surface area (Å²) in [5, 5.41) is 56.9. The zero-order valence-corrected chi connectivity index (χ0v) is 27.7. The third-order valence-electron chi connectivity index (χ3n) is 6.68. The monoisotopic (exact) mass is 701 g/mol. The summed E-state index contributed by atoms with van der Waals surface area (Å²) in [6.07, 6.45) is 0. The number of aliphatic hydroxyl groups is 2. The van der Waals surface area contributed by atoms with Crippen molar-refractivity contribution < 1.29 is 46.4 Å². The average Bonchev–Trinajstić information content (AvgIpc) is 3.54. The van der Waals surface area contributed by atoms with Gasteiger partial charge in [-0.2, -0.15) is 0 Å². The molecule has 2 aliphatic carbocycles. The molecule has 0 unspecified atom stereocenters. The number of aromatic nitrogens is 2. The van der Waals surface area contributed by atoms with E-state index in [4.69, 9.17) is 0 Å². The Balaban J connectivity index is 0.000000307. The quantitative estimate of drug-likeness (QED) is 0.265.